The first-order chi connectivity index (χ1) is 10.6. The predicted molar refractivity (Wildman–Crippen MR) is 92.5 cm³/mol. The van der Waals surface area contributed by atoms with Crippen molar-refractivity contribution >= 4 is 34.4 Å². The highest BCUT2D eigenvalue weighted by molar-refractivity contribution is 14.1. The van der Waals surface area contributed by atoms with Gasteiger partial charge in [-0.15, -0.1) is 0 Å². The van der Waals surface area contributed by atoms with Crippen LogP contribution in [0.5, 0.6) is 5.75 Å². The number of nitrogens with two attached hydrogens (primary N) is 1. The standard InChI is InChI=1S/C16H15IN2O3/c1-11(21-14-5-3-2-4-6-14)16(20)22-19-15(18)12-7-9-13(17)10-8-12/h2-11H,1H3,(H2,18,19)/t11-/m1/s1. The molecule has 2 rings (SSSR count). The van der Waals surface area contributed by atoms with Crippen LogP contribution >= 0.6 is 22.6 Å². The summed E-state index contributed by atoms with van der Waals surface area (Å²) < 4.78 is 6.52. The van der Waals surface area contributed by atoms with Crippen LogP contribution in [0.4, 0.5) is 0 Å². The second kappa shape index (κ2) is 7.79. The third-order valence-electron chi connectivity index (χ3n) is 2.76. The van der Waals surface area contributed by atoms with Gasteiger partial charge in [-0.25, -0.2) is 4.79 Å². The molecule has 0 aliphatic rings. The number of carbonyl (C=O) groups excluding carboxylic acids is 1. The molecular formula is C16H15IN2O3. The minimum Gasteiger partial charge on any atom is -0.479 e. The Bertz CT molecular complexity index is 657. The van der Waals surface area contributed by atoms with Crippen molar-refractivity contribution in [2.45, 2.75) is 13.0 Å². The number of hydrogen-bond donors (Lipinski definition) is 1. The number of ether oxygens (including phenoxy) is 1. The number of oxime groups is 1. The van der Waals surface area contributed by atoms with E-state index in [9.17, 15) is 4.79 Å². The van der Waals surface area contributed by atoms with Gasteiger partial charge in [0.1, 0.15) is 5.75 Å². The van der Waals surface area contributed by atoms with Crippen LogP contribution in [0, 0.1) is 3.57 Å². The Kier molecular flexibility index (Phi) is 5.76. The first-order valence-electron chi connectivity index (χ1n) is 6.58. The molecule has 6 heteroatoms. The Morgan fingerprint density at radius 2 is 1.77 bits per heavy atom. The molecule has 0 fully saturated rings. The van der Waals surface area contributed by atoms with Crippen LogP contribution in [-0.2, 0) is 9.63 Å². The summed E-state index contributed by atoms with van der Waals surface area (Å²) in [5, 5.41) is 3.65. The van der Waals surface area contributed by atoms with E-state index in [1.54, 1.807) is 31.2 Å². The number of carbonyl (C=O) groups is 1. The Labute approximate surface area is 142 Å². The van der Waals surface area contributed by atoms with Crippen LogP contribution in [-0.4, -0.2) is 17.9 Å². The molecule has 0 bridgehead atoms. The Balaban J connectivity index is 1.93. The minimum absolute atomic E-state index is 0.136. The number of rotatable bonds is 5. The molecule has 0 aliphatic carbocycles. The third-order valence-corrected chi connectivity index (χ3v) is 3.48. The monoisotopic (exact) mass is 410 g/mol. The molecule has 2 aromatic carbocycles. The molecule has 2 aromatic rings. The zero-order chi connectivity index (χ0) is 15.9. The lowest BCUT2D eigenvalue weighted by atomic mass is 10.2. The van der Waals surface area contributed by atoms with Crippen LogP contribution in [0.25, 0.3) is 0 Å². The number of halogens is 1. The van der Waals surface area contributed by atoms with Crippen molar-refractivity contribution in [3.05, 3.63) is 63.7 Å². The summed E-state index contributed by atoms with van der Waals surface area (Å²) >= 11 is 2.19. The van der Waals surface area contributed by atoms with Crippen molar-refractivity contribution in [1.29, 1.82) is 0 Å². The molecule has 5 nitrogen and oxygen atoms in total. The van der Waals surface area contributed by atoms with Crippen LogP contribution in [0.3, 0.4) is 0 Å². The van der Waals surface area contributed by atoms with E-state index < -0.39 is 12.1 Å². The van der Waals surface area contributed by atoms with Gasteiger partial charge in [0.2, 0.25) is 0 Å². The maximum atomic E-state index is 11.8. The molecule has 0 radical (unpaired) electrons. The lowest BCUT2D eigenvalue weighted by Crippen LogP contribution is -2.26. The molecule has 114 valence electrons. The maximum absolute atomic E-state index is 11.8. The van der Waals surface area contributed by atoms with Gasteiger partial charge >= 0.3 is 5.97 Å². The van der Waals surface area contributed by atoms with Crippen LogP contribution in [0.1, 0.15) is 12.5 Å². The maximum Gasteiger partial charge on any atom is 0.374 e. The van der Waals surface area contributed by atoms with Gasteiger partial charge in [-0.3, -0.25) is 0 Å². The second-order valence-electron chi connectivity index (χ2n) is 4.47. The number of benzene rings is 2. The summed E-state index contributed by atoms with van der Waals surface area (Å²) in [5.74, 6) is 0.107. The van der Waals surface area contributed by atoms with Crippen molar-refractivity contribution in [2.24, 2.45) is 10.9 Å². The molecule has 0 aromatic heterocycles. The smallest absolute Gasteiger partial charge is 0.374 e. The van der Waals surface area contributed by atoms with Gasteiger partial charge < -0.3 is 15.3 Å². The largest absolute Gasteiger partial charge is 0.479 e. The van der Waals surface area contributed by atoms with E-state index in [-0.39, 0.29) is 5.84 Å². The number of hydrogen-bond acceptors (Lipinski definition) is 4. The molecule has 0 saturated carbocycles. The summed E-state index contributed by atoms with van der Waals surface area (Å²) in [7, 11) is 0. The van der Waals surface area contributed by atoms with E-state index in [4.69, 9.17) is 15.3 Å². The van der Waals surface area contributed by atoms with E-state index >= 15 is 0 Å². The van der Waals surface area contributed by atoms with Crippen molar-refractivity contribution in [2.75, 3.05) is 0 Å². The second-order valence-corrected chi connectivity index (χ2v) is 5.71. The highest BCUT2D eigenvalue weighted by Crippen LogP contribution is 2.11. The summed E-state index contributed by atoms with van der Waals surface area (Å²) in [5.41, 5.74) is 6.46. The van der Waals surface area contributed by atoms with E-state index in [1.165, 1.54) is 0 Å². The fourth-order valence-corrected chi connectivity index (χ4v) is 1.95. The van der Waals surface area contributed by atoms with Crippen molar-refractivity contribution in [3.8, 4) is 5.75 Å². The molecule has 0 amide bonds. The van der Waals surface area contributed by atoms with Gasteiger partial charge in [0.15, 0.2) is 11.9 Å². The van der Waals surface area contributed by atoms with Gasteiger partial charge in [0, 0.05) is 9.13 Å². The first kappa shape index (κ1) is 16.3. The lowest BCUT2D eigenvalue weighted by Gasteiger charge is -2.11. The predicted octanol–water partition coefficient (Wildman–Crippen LogP) is 2.92. The third kappa shape index (κ3) is 4.73. The van der Waals surface area contributed by atoms with Crippen molar-refractivity contribution in [1.82, 2.24) is 0 Å². The molecule has 2 N–H and O–H groups in total. The SMILES string of the molecule is C[C@@H](Oc1ccccc1)C(=O)O/N=C(/N)c1ccc(I)cc1. The normalized spacial score (nSPS) is 12.5. The van der Waals surface area contributed by atoms with Crippen LogP contribution in [0.2, 0.25) is 0 Å². The number of nitrogens with zero attached hydrogens (tertiary/aromatic N) is 1. The Morgan fingerprint density at radius 3 is 2.41 bits per heavy atom. The first-order valence-corrected chi connectivity index (χ1v) is 7.66. The zero-order valence-corrected chi connectivity index (χ0v) is 14.1. The lowest BCUT2D eigenvalue weighted by molar-refractivity contribution is -0.151. The van der Waals surface area contributed by atoms with Crippen molar-refractivity contribution < 1.29 is 14.4 Å². The van der Waals surface area contributed by atoms with E-state index in [1.807, 2.05) is 30.3 Å². The van der Waals surface area contributed by atoms with Gasteiger partial charge in [0.25, 0.3) is 0 Å². The Hall–Kier alpha value is -2.09. The fourth-order valence-electron chi connectivity index (χ4n) is 1.59. The average Bonchev–Trinajstić information content (AvgIpc) is 2.53. The molecule has 0 saturated heterocycles. The molecule has 1 atom stereocenters. The number of amidine groups is 1. The molecular weight excluding hydrogens is 395 g/mol. The molecule has 0 heterocycles. The quantitative estimate of drug-likeness (QED) is 0.271. The summed E-state index contributed by atoms with van der Waals surface area (Å²) in [6.45, 7) is 1.59. The van der Waals surface area contributed by atoms with E-state index in [0.717, 1.165) is 3.57 Å². The molecule has 0 aliphatic heterocycles. The number of para-hydroxylation sites is 1. The zero-order valence-electron chi connectivity index (χ0n) is 11.9. The summed E-state index contributed by atoms with van der Waals surface area (Å²) in [6.07, 6.45) is -0.782. The molecule has 0 unspecified atom stereocenters. The van der Waals surface area contributed by atoms with Gasteiger partial charge in [-0.05, 0) is 53.8 Å². The summed E-state index contributed by atoms with van der Waals surface area (Å²) in [6, 6.07) is 16.4. The Morgan fingerprint density at radius 1 is 1.14 bits per heavy atom. The average molecular weight is 410 g/mol. The van der Waals surface area contributed by atoms with Crippen molar-refractivity contribution in [3.63, 3.8) is 0 Å². The summed E-state index contributed by atoms with van der Waals surface area (Å²) in [4.78, 5) is 16.6. The van der Waals surface area contributed by atoms with E-state index in [2.05, 4.69) is 27.7 Å². The van der Waals surface area contributed by atoms with Gasteiger partial charge in [-0.2, -0.15) is 0 Å². The highest BCUT2D eigenvalue weighted by Gasteiger charge is 2.17. The highest BCUT2D eigenvalue weighted by atomic mass is 127. The molecule has 22 heavy (non-hydrogen) atoms. The topological polar surface area (TPSA) is 73.9 Å². The van der Waals surface area contributed by atoms with Crippen LogP contribution in [0.15, 0.2) is 59.8 Å². The van der Waals surface area contributed by atoms with E-state index in [0.29, 0.717) is 11.3 Å². The van der Waals surface area contributed by atoms with Gasteiger partial charge in [0.05, 0.1) is 0 Å². The molecule has 0 spiro atoms. The fraction of sp³-hybridized carbons (Fsp3) is 0.125. The van der Waals surface area contributed by atoms with Gasteiger partial charge in [-0.1, -0.05) is 35.5 Å². The minimum atomic E-state index is -0.782. The van der Waals surface area contributed by atoms with Crippen LogP contribution < -0.4 is 10.5 Å².